The summed E-state index contributed by atoms with van der Waals surface area (Å²) >= 11 is 0. The van der Waals surface area contributed by atoms with Gasteiger partial charge in [0.15, 0.2) is 0 Å². The Labute approximate surface area is 114 Å². The standard InChI is InChI=1S/C15H21NO3/c1-2-18-12-15(17)19-14-8-9-16(11-14)10-13-6-4-3-5-7-13/h3-7,14H,2,8-12H2,1H3/t14-/m1/s1. The van der Waals surface area contributed by atoms with E-state index >= 15 is 0 Å². The maximum Gasteiger partial charge on any atom is 0.332 e. The first kappa shape index (κ1) is 14.0. The maximum absolute atomic E-state index is 11.5. The molecule has 1 heterocycles. The monoisotopic (exact) mass is 263 g/mol. The SMILES string of the molecule is CCOCC(=O)O[C@@H]1CCN(Cc2ccccc2)C1. The number of esters is 1. The highest BCUT2D eigenvalue weighted by Crippen LogP contribution is 2.16. The molecular formula is C15H21NO3. The molecule has 1 atom stereocenters. The molecule has 104 valence electrons. The van der Waals surface area contributed by atoms with Crippen molar-refractivity contribution in [1.29, 1.82) is 0 Å². The molecule has 0 N–H and O–H groups in total. The predicted octanol–water partition coefficient (Wildman–Crippen LogP) is 1.84. The van der Waals surface area contributed by atoms with Gasteiger partial charge in [-0.05, 0) is 18.9 Å². The smallest absolute Gasteiger partial charge is 0.332 e. The molecule has 1 aliphatic heterocycles. The van der Waals surface area contributed by atoms with Crippen molar-refractivity contribution < 1.29 is 14.3 Å². The molecule has 0 aliphatic carbocycles. The highest BCUT2D eigenvalue weighted by atomic mass is 16.6. The largest absolute Gasteiger partial charge is 0.459 e. The number of likely N-dealkylation sites (tertiary alicyclic amines) is 1. The first-order chi connectivity index (χ1) is 9.28. The second-order valence-corrected chi connectivity index (χ2v) is 4.76. The highest BCUT2D eigenvalue weighted by molar-refractivity contribution is 5.70. The number of nitrogens with zero attached hydrogens (tertiary/aromatic N) is 1. The molecule has 4 nitrogen and oxygen atoms in total. The summed E-state index contributed by atoms with van der Waals surface area (Å²) in [6.07, 6.45) is 0.918. The maximum atomic E-state index is 11.5. The van der Waals surface area contributed by atoms with Gasteiger partial charge in [0.05, 0.1) is 0 Å². The molecule has 0 amide bonds. The van der Waals surface area contributed by atoms with Crippen molar-refractivity contribution >= 4 is 5.97 Å². The molecule has 1 aromatic rings. The van der Waals surface area contributed by atoms with Crippen molar-refractivity contribution in [3.8, 4) is 0 Å². The summed E-state index contributed by atoms with van der Waals surface area (Å²) in [5, 5.41) is 0. The predicted molar refractivity (Wildman–Crippen MR) is 72.7 cm³/mol. The van der Waals surface area contributed by atoms with Gasteiger partial charge >= 0.3 is 5.97 Å². The molecule has 0 aromatic heterocycles. The molecule has 0 unspecified atom stereocenters. The fourth-order valence-corrected chi connectivity index (χ4v) is 2.28. The Morgan fingerprint density at radius 1 is 1.37 bits per heavy atom. The van der Waals surface area contributed by atoms with E-state index in [4.69, 9.17) is 9.47 Å². The van der Waals surface area contributed by atoms with E-state index in [2.05, 4.69) is 17.0 Å². The second kappa shape index (κ2) is 7.26. The molecule has 2 rings (SSSR count). The molecule has 4 heteroatoms. The normalized spacial score (nSPS) is 19.5. The van der Waals surface area contributed by atoms with Gasteiger partial charge < -0.3 is 9.47 Å². The van der Waals surface area contributed by atoms with Crippen LogP contribution in [0.3, 0.4) is 0 Å². The van der Waals surface area contributed by atoms with Gasteiger partial charge in [-0.15, -0.1) is 0 Å². The molecule has 0 saturated carbocycles. The summed E-state index contributed by atoms with van der Waals surface area (Å²) in [5.41, 5.74) is 1.30. The van der Waals surface area contributed by atoms with Gasteiger partial charge in [-0.2, -0.15) is 0 Å². The Kier molecular flexibility index (Phi) is 5.36. The quantitative estimate of drug-likeness (QED) is 0.734. The van der Waals surface area contributed by atoms with Gasteiger partial charge in [0.2, 0.25) is 0 Å². The van der Waals surface area contributed by atoms with Crippen molar-refractivity contribution in [3.05, 3.63) is 35.9 Å². The van der Waals surface area contributed by atoms with Crippen molar-refractivity contribution in [3.63, 3.8) is 0 Å². The lowest BCUT2D eigenvalue weighted by atomic mass is 10.2. The fourth-order valence-electron chi connectivity index (χ4n) is 2.28. The van der Waals surface area contributed by atoms with Gasteiger partial charge in [-0.3, -0.25) is 4.90 Å². The fraction of sp³-hybridized carbons (Fsp3) is 0.533. The van der Waals surface area contributed by atoms with Crippen LogP contribution in [0, 0.1) is 0 Å². The van der Waals surface area contributed by atoms with Crippen molar-refractivity contribution in [2.75, 3.05) is 26.3 Å². The summed E-state index contributed by atoms with van der Waals surface area (Å²) in [5.74, 6) is -0.256. The zero-order chi connectivity index (χ0) is 13.5. The minimum atomic E-state index is -0.256. The second-order valence-electron chi connectivity index (χ2n) is 4.76. The van der Waals surface area contributed by atoms with Crippen LogP contribution in [-0.2, 0) is 20.8 Å². The van der Waals surface area contributed by atoms with E-state index in [9.17, 15) is 4.79 Å². The average molecular weight is 263 g/mol. The van der Waals surface area contributed by atoms with Gasteiger partial charge in [0, 0.05) is 26.2 Å². The van der Waals surface area contributed by atoms with Crippen molar-refractivity contribution in [2.45, 2.75) is 26.0 Å². The number of hydrogen-bond acceptors (Lipinski definition) is 4. The van der Waals surface area contributed by atoms with Gasteiger partial charge in [-0.25, -0.2) is 4.79 Å². The Morgan fingerprint density at radius 3 is 2.89 bits per heavy atom. The summed E-state index contributed by atoms with van der Waals surface area (Å²) < 4.78 is 10.4. The van der Waals surface area contributed by atoms with Crippen molar-refractivity contribution in [1.82, 2.24) is 4.90 Å². The summed E-state index contributed by atoms with van der Waals surface area (Å²) in [6, 6.07) is 10.4. The van der Waals surface area contributed by atoms with E-state index in [1.165, 1.54) is 5.56 Å². The van der Waals surface area contributed by atoms with Crippen LogP contribution in [0.4, 0.5) is 0 Å². The van der Waals surface area contributed by atoms with E-state index in [0.717, 1.165) is 26.1 Å². The van der Waals surface area contributed by atoms with Crippen LogP contribution in [0.25, 0.3) is 0 Å². The number of rotatable bonds is 6. The molecule has 1 fully saturated rings. The molecule has 1 aliphatic rings. The van der Waals surface area contributed by atoms with Crippen LogP contribution in [0.1, 0.15) is 18.9 Å². The molecule has 1 aromatic carbocycles. The number of benzene rings is 1. The summed E-state index contributed by atoms with van der Waals surface area (Å²) in [6.45, 7) is 5.17. The third-order valence-corrected chi connectivity index (χ3v) is 3.20. The van der Waals surface area contributed by atoms with Gasteiger partial charge in [0.1, 0.15) is 12.7 Å². The molecular weight excluding hydrogens is 242 g/mol. The highest BCUT2D eigenvalue weighted by Gasteiger charge is 2.25. The number of ether oxygens (including phenoxy) is 2. The number of hydrogen-bond donors (Lipinski definition) is 0. The third kappa shape index (κ3) is 4.65. The number of carbonyl (C=O) groups excluding carboxylic acids is 1. The molecule has 1 saturated heterocycles. The van der Waals surface area contributed by atoms with Crippen LogP contribution in [0.15, 0.2) is 30.3 Å². The minimum absolute atomic E-state index is 0.0108. The first-order valence-electron chi connectivity index (χ1n) is 6.81. The molecule has 0 radical (unpaired) electrons. The lowest BCUT2D eigenvalue weighted by Gasteiger charge is -2.16. The Hall–Kier alpha value is -1.39. The zero-order valence-electron chi connectivity index (χ0n) is 11.4. The summed E-state index contributed by atoms with van der Waals surface area (Å²) in [4.78, 5) is 13.8. The van der Waals surface area contributed by atoms with E-state index in [-0.39, 0.29) is 18.7 Å². The van der Waals surface area contributed by atoms with E-state index in [1.807, 2.05) is 25.1 Å². The Balaban J connectivity index is 1.72. The Bertz CT molecular complexity index is 394. The van der Waals surface area contributed by atoms with Crippen molar-refractivity contribution in [2.24, 2.45) is 0 Å². The zero-order valence-corrected chi connectivity index (χ0v) is 11.4. The minimum Gasteiger partial charge on any atom is -0.459 e. The van der Waals surface area contributed by atoms with E-state index < -0.39 is 0 Å². The Morgan fingerprint density at radius 2 is 2.16 bits per heavy atom. The molecule has 0 bridgehead atoms. The van der Waals surface area contributed by atoms with Gasteiger partial charge in [0.25, 0.3) is 0 Å². The van der Waals surface area contributed by atoms with Crippen LogP contribution in [0.2, 0.25) is 0 Å². The summed E-state index contributed by atoms with van der Waals surface area (Å²) in [7, 11) is 0. The third-order valence-electron chi connectivity index (χ3n) is 3.20. The topological polar surface area (TPSA) is 38.8 Å². The van der Waals surface area contributed by atoms with Crippen LogP contribution in [0.5, 0.6) is 0 Å². The lowest BCUT2D eigenvalue weighted by Crippen LogP contribution is -2.26. The average Bonchev–Trinajstić information content (AvgIpc) is 2.85. The van der Waals surface area contributed by atoms with E-state index in [0.29, 0.717) is 6.61 Å². The lowest BCUT2D eigenvalue weighted by molar-refractivity contribution is -0.153. The van der Waals surface area contributed by atoms with Crippen LogP contribution >= 0.6 is 0 Å². The molecule has 19 heavy (non-hydrogen) atoms. The first-order valence-corrected chi connectivity index (χ1v) is 6.81. The van der Waals surface area contributed by atoms with Crippen LogP contribution < -0.4 is 0 Å². The van der Waals surface area contributed by atoms with E-state index in [1.54, 1.807) is 0 Å². The van der Waals surface area contributed by atoms with Gasteiger partial charge in [-0.1, -0.05) is 30.3 Å². The van der Waals surface area contributed by atoms with Crippen LogP contribution in [-0.4, -0.2) is 43.3 Å². The number of carbonyl (C=O) groups is 1. The molecule has 0 spiro atoms.